The molecule has 2 fully saturated rings. The van der Waals surface area contributed by atoms with Crippen molar-refractivity contribution in [2.24, 2.45) is 5.92 Å². The molecule has 106 valence electrons. The molecule has 2 aliphatic rings. The van der Waals surface area contributed by atoms with Gasteiger partial charge in [-0.05, 0) is 25.2 Å². The van der Waals surface area contributed by atoms with Crippen LogP contribution in [-0.4, -0.2) is 12.5 Å². The van der Waals surface area contributed by atoms with Crippen LogP contribution in [0.2, 0.25) is 0 Å². The molecule has 0 N–H and O–H groups in total. The van der Waals surface area contributed by atoms with Gasteiger partial charge < -0.3 is 4.42 Å². The van der Waals surface area contributed by atoms with Gasteiger partial charge in [-0.2, -0.15) is 5.26 Å². The molecular formula is C16H20N2O2. The summed E-state index contributed by atoms with van der Waals surface area (Å²) in [7, 11) is 0. The van der Waals surface area contributed by atoms with E-state index < -0.39 is 0 Å². The SMILES string of the molecule is CC1CCN(c2occ(C3CCCCC3)c2C#N)C1=O. The molecule has 1 amide bonds. The van der Waals surface area contributed by atoms with Crippen LogP contribution in [0.25, 0.3) is 0 Å². The zero-order chi connectivity index (χ0) is 14.1. The van der Waals surface area contributed by atoms with Crippen molar-refractivity contribution in [2.75, 3.05) is 11.4 Å². The van der Waals surface area contributed by atoms with Crippen molar-refractivity contribution in [3.63, 3.8) is 0 Å². The van der Waals surface area contributed by atoms with E-state index in [2.05, 4.69) is 6.07 Å². The second-order valence-electron chi connectivity index (χ2n) is 6.00. The van der Waals surface area contributed by atoms with E-state index in [1.807, 2.05) is 6.92 Å². The van der Waals surface area contributed by atoms with E-state index in [0.717, 1.165) is 24.8 Å². The molecule has 3 rings (SSSR count). The van der Waals surface area contributed by atoms with Crippen LogP contribution in [0.15, 0.2) is 10.7 Å². The number of carbonyl (C=O) groups excluding carboxylic acids is 1. The molecule has 2 heterocycles. The molecule has 1 unspecified atom stereocenters. The monoisotopic (exact) mass is 272 g/mol. The van der Waals surface area contributed by atoms with Gasteiger partial charge in [0.1, 0.15) is 11.6 Å². The largest absolute Gasteiger partial charge is 0.447 e. The highest BCUT2D eigenvalue weighted by molar-refractivity contribution is 5.96. The highest BCUT2D eigenvalue weighted by atomic mass is 16.3. The first kappa shape index (κ1) is 13.2. The Morgan fingerprint density at radius 3 is 2.65 bits per heavy atom. The van der Waals surface area contributed by atoms with Crippen molar-refractivity contribution < 1.29 is 9.21 Å². The van der Waals surface area contributed by atoms with Gasteiger partial charge in [-0.15, -0.1) is 0 Å². The highest BCUT2D eigenvalue weighted by Crippen LogP contribution is 2.39. The van der Waals surface area contributed by atoms with Gasteiger partial charge in [0.15, 0.2) is 0 Å². The van der Waals surface area contributed by atoms with Crippen LogP contribution >= 0.6 is 0 Å². The number of hydrogen-bond acceptors (Lipinski definition) is 3. The number of anilines is 1. The first-order valence-electron chi connectivity index (χ1n) is 7.55. The topological polar surface area (TPSA) is 57.2 Å². The first-order valence-corrected chi connectivity index (χ1v) is 7.55. The van der Waals surface area contributed by atoms with E-state index in [4.69, 9.17) is 4.42 Å². The average Bonchev–Trinajstić information content (AvgIpc) is 3.04. The van der Waals surface area contributed by atoms with Gasteiger partial charge in [-0.25, -0.2) is 0 Å². The van der Waals surface area contributed by atoms with Crippen LogP contribution in [0.5, 0.6) is 0 Å². The van der Waals surface area contributed by atoms with Gasteiger partial charge in [-0.3, -0.25) is 9.69 Å². The maximum absolute atomic E-state index is 12.1. The number of rotatable bonds is 2. The van der Waals surface area contributed by atoms with Gasteiger partial charge in [0.2, 0.25) is 11.8 Å². The molecule has 1 aliphatic carbocycles. The summed E-state index contributed by atoms with van der Waals surface area (Å²) in [5, 5.41) is 9.48. The highest BCUT2D eigenvalue weighted by Gasteiger charge is 2.34. The van der Waals surface area contributed by atoms with Crippen LogP contribution in [0.3, 0.4) is 0 Å². The lowest BCUT2D eigenvalue weighted by Crippen LogP contribution is -2.26. The molecule has 20 heavy (non-hydrogen) atoms. The van der Waals surface area contributed by atoms with Gasteiger partial charge in [-0.1, -0.05) is 26.2 Å². The summed E-state index contributed by atoms with van der Waals surface area (Å²) < 4.78 is 5.63. The maximum atomic E-state index is 12.1. The van der Waals surface area contributed by atoms with Crippen molar-refractivity contribution in [3.8, 4) is 6.07 Å². The molecule has 1 aromatic rings. The van der Waals surface area contributed by atoms with E-state index in [9.17, 15) is 10.1 Å². The predicted octanol–water partition coefficient (Wildman–Crippen LogP) is 3.57. The molecule has 0 aromatic carbocycles. The van der Waals surface area contributed by atoms with Crippen molar-refractivity contribution in [2.45, 2.75) is 51.4 Å². The van der Waals surface area contributed by atoms with Gasteiger partial charge >= 0.3 is 0 Å². The van der Waals surface area contributed by atoms with Crippen LogP contribution in [-0.2, 0) is 4.79 Å². The lowest BCUT2D eigenvalue weighted by Gasteiger charge is -2.20. The fraction of sp³-hybridized carbons (Fsp3) is 0.625. The molecule has 0 radical (unpaired) electrons. The van der Waals surface area contributed by atoms with Gasteiger partial charge in [0.05, 0.1) is 6.26 Å². The summed E-state index contributed by atoms with van der Waals surface area (Å²) in [5.41, 5.74) is 1.59. The number of nitriles is 1. The lowest BCUT2D eigenvalue weighted by molar-refractivity contribution is -0.120. The number of amides is 1. The Balaban J connectivity index is 1.91. The van der Waals surface area contributed by atoms with Crippen molar-refractivity contribution in [3.05, 3.63) is 17.4 Å². The minimum Gasteiger partial charge on any atom is -0.447 e. The van der Waals surface area contributed by atoms with Gasteiger partial charge in [0.25, 0.3) is 0 Å². The number of carbonyl (C=O) groups is 1. The Bertz CT molecular complexity index is 549. The smallest absolute Gasteiger partial charge is 0.232 e. The first-order chi connectivity index (χ1) is 9.72. The second kappa shape index (κ2) is 5.32. The van der Waals surface area contributed by atoms with Crippen LogP contribution < -0.4 is 4.90 Å². The lowest BCUT2D eigenvalue weighted by atomic mass is 9.84. The minimum absolute atomic E-state index is 0.0322. The van der Waals surface area contributed by atoms with E-state index in [1.165, 1.54) is 19.3 Å². The molecule has 1 saturated heterocycles. The third-order valence-electron chi connectivity index (χ3n) is 4.68. The minimum atomic E-state index is 0.0322. The molecule has 1 atom stereocenters. The van der Waals surface area contributed by atoms with Crippen LogP contribution in [0.1, 0.15) is 62.5 Å². The molecule has 1 aliphatic heterocycles. The van der Waals surface area contributed by atoms with Crippen molar-refractivity contribution in [1.82, 2.24) is 0 Å². The summed E-state index contributed by atoms with van der Waals surface area (Å²) in [6.45, 7) is 2.59. The number of nitrogens with zero attached hydrogens (tertiary/aromatic N) is 2. The Morgan fingerprint density at radius 1 is 1.30 bits per heavy atom. The fourth-order valence-electron chi connectivity index (χ4n) is 3.41. The zero-order valence-corrected chi connectivity index (χ0v) is 11.9. The summed E-state index contributed by atoms with van der Waals surface area (Å²) >= 11 is 0. The van der Waals surface area contributed by atoms with Crippen LogP contribution in [0, 0.1) is 17.2 Å². The predicted molar refractivity (Wildman–Crippen MR) is 75.4 cm³/mol. The zero-order valence-electron chi connectivity index (χ0n) is 11.9. The number of furan rings is 1. The second-order valence-corrected chi connectivity index (χ2v) is 6.00. The molecule has 0 spiro atoms. The summed E-state index contributed by atoms with van der Waals surface area (Å²) in [6, 6.07) is 2.27. The summed E-state index contributed by atoms with van der Waals surface area (Å²) in [6.07, 6.45) is 8.51. The van der Waals surface area contributed by atoms with E-state index in [1.54, 1.807) is 11.2 Å². The Morgan fingerprint density at radius 2 is 2.05 bits per heavy atom. The molecule has 4 heteroatoms. The number of hydrogen-bond donors (Lipinski definition) is 0. The maximum Gasteiger partial charge on any atom is 0.232 e. The van der Waals surface area contributed by atoms with E-state index in [-0.39, 0.29) is 11.8 Å². The van der Waals surface area contributed by atoms with E-state index >= 15 is 0 Å². The summed E-state index contributed by atoms with van der Waals surface area (Å²) in [4.78, 5) is 13.8. The molecule has 4 nitrogen and oxygen atoms in total. The third-order valence-corrected chi connectivity index (χ3v) is 4.68. The Hall–Kier alpha value is -1.76. The normalized spacial score (nSPS) is 24.1. The van der Waals surface area contributed by atoms with Crippen molar-refractivity contribution in [1.29, 1.82) is 5.26 Å². The van der Waals surface area contributed by atoms with E-state index in [0.29, 0.717) is 23.9 Å². The molecule has 1 saturated carbocycles. The van der Waals surface area contributed by atoms with Crippen molar-refractivity contribution >= 4 is 11.8 Å². The molecular weight excluding hydrogens is 252 g/mol. The van der Waals surface area contributed by atoms with Crippen LogP contribution in [0.4, 0.5) is 5.88 Å². The molecule has 1 aromatic heterocycles. The Kier molecular flexibility index (Phi) is 3.52. The average molecular weight is 272 g/mol. The third kappa shape index (κ3) is 2.11. The fourth-order valence-corrected chi connectivity index (χ4v) is 3.41. The Labute approximate surface area is 119 Å². The summed E-state index contributed by atoms with van der Waals surface area (Å²) in [5.74, 6) is 1.00. The quantitative estimate of drug-likeness (QED) is 0.827. The standard InChI is InChI=1S/C16H20N2O2/c1-11-7-8-18(15(11)19)16-13(9-17)14(10-20-16)12-5-3-2-4-6-12/h10-12H,2-8H2,1H3. The molecule has 0 bridgehead atoms. The van der Waals surface area contributed by atoms with Gasteiger partial charge in [0, 0.05) is 18.0 Å².